The minimum absolute atomic E-state index is 0.0428. The van der Waals surface area contributed by atoms with Crippen LogP contribution in [0.25, 0.3) is 0 Å². The molecule has 9 heteroatoms. The van der Waals surface area contributed by atoms with Gasteiger partial charge in [0.15, 0.2) is 0 Å². The van der Waals surface area contributed by atoms with Crippen LogP contribution < -0.4 is 10.1 Å². The Morgan fingerprint density at radius 2 is 2.00 bits per heavy atom. The largest absolute Gasteiger partial charge is 0.491 e. The van der Waals surface area contributed by atoms with E-state index in [1.54, 1.807) is 4.90 Å². The van der Waals surface area contributed by atoms with Crippen LogP contribution in [0.4, 0.5) is 13.2 Å². The van der Waals surface area contributed by atoms with Crippen LogP contribution in [0, 0.1) is 5.92 Å². The van der Waals surface area contributed by atoms with E-state index in [2.05, 4.69) is 5.32 Å². The molecule has 162 valence electrons. The van der Waals surface area contributed by atoms with E-state index in [1.807, 2.05) is 6.92 Å². The van der Waals surface area contributed by atoms with Crippen molar-refractivity contribution < 1.29 is 32.6 Å². The van der Waals surface area contributed by atoms with E-state index in [-0.39, 0.29) is 36.6 Å². The lowest BCUT2D eigenvalue weighted by atomic mass is 9.96. The maximum atomic E-state index is 12.5. The Morgan fingerprint density at radius 1 is 1.31 bits per heavy atom. The molecule has 2 N–H and O–H groups in total. The SMILES string of the molecule is CCCC(=O)N1CCCC(C(=O)NCC(O)COc2ccc(C(F)(F)F)cc2)C1. The van der Waals surface area contributed by atoms with Crippen LogP contribution in [0.1, 0.15) is 38.2 Å². The lowest BCUT2D eigenvalue weighted by molar-refractivity contribution is -0.138. The number of piperidine rings is 1. The first-order chi connectivity index (χ1) is 13.7. The first kappa shape index (κ1) is 23.0. The molecule has 1 fully saturated rings. The number of hydrogen-bond donors (Lipinski definition) is 2. The van der Waals surface area contributed by atoms with E-state index in [0.717, 1.165) is 25.0 Å². The molecule has 2 atom stereocenters. The molecule has 0 aliphatic carbocycles. The molecule has 0 aromatic heterocycles. The van der Waals surface area contributed by atoms with Gasteiger partial charge in [-0.3, -0.25) is 9.59 Å². The number of nitrogens with one attached hydrogen (secondary N) is 1. The normalized spacial score (nSPS) is 18.2. The van der Waals surface area contributed by atoms with E-state index < -0.39 is 17.8 Å². The lowest BCUT2D eigenvalue weighted by Gasteiger charge is -2.32. The summed E-state index contributed by atoms with van der Waals surface area (Å²) < 4.78 is 42.8. The van der Waals surface area contributed by atoms with Crippen molar-refractivity contribution in [1.82, 2.24) is 10.2 Å². The van der Waals surface area contributed by atoms with Crippen molar-refractivity contribution in [3.63, 3.8) is 0 Å². The predicted molar refractivity (Wildman–Crippen MR) is 100 cm³/mol. The van der Waals surface area contributed by atoms with Gasteiger partial charge in [0.1, 0.15) is 18.5 Å². The second-order valence-corrected chi connectivity index (χ2v) is 7.16. The van der Waals surface area contributed by atoms with Gasteiger partial charge in [0.05, 0.1) is 11.5 Å². The summed E-state index contributed by atoms with van der Waals surface area (Å²) in [6.45, 7) is 2.76. The Morgan fingerprint density at radius 3 is 2.62 bits per heavy atom. The van der Waals surface area contributed by atoms with Gasteiger partial charge in [-0.05, 0) is 43.5 Å². The number of amides is 2. The fourth-order valence-electron chi connectivity index (χ4n) is 3.14. The number of alkyl halides is 3. The number of benzene rings is 1. The molecule has 6 nitrogen and oxygen atoms in total. The average molecular weight is 416 g/mol. The third-order valence-electron chi connectivity index (χ3n) is 4.74. The van der Waals surface area contributed by atoms with Crippen molar-refractivity contribution in [3.05, 3.63) is 29.8 Å². The van der Waals surface area contributed by atoms with Gasteiger partial charge >= 0.3 is 6.18 Å². The Balaban J connectivity index is 1.73. The molecule has 0 radical (unpaired) electrons. The smallest absolute Gasteiger partial charge is 0.416 e. The molecular weight excluding hydrogens is 389 g/mol. The molecule has 2 rings (SSSR count). The van der Waals surface area contributed by atoms with Gasteiger partial charge in [-0.25, -0.2) is 0 Å². The maximum absolute atomic E-state index is 12.5. The van der Waals surface area contributed by atoms with Crippen LogP contribution in [0.5, 0.6) is 5.75 Å². The summed E-state index contributed by atoms with van der Waals surface area (Å²) in [7, 11) is 0. The van der Waals surface area contributed by atoms with E-state index in [9.17, 15) is 27.9 Å². The zero-order valence-corrected chi connectivity index (χ0v) is 16.4. The molecule has 1 saturated heterocycles. The molecule has 1 aromatic rings. The molecule has 29 heavy (non-hydrogen) atoms. The standard InChI is InChI=1S/C20H27F3N2O4/c1-2-4-18(27)25-10-3-5-14(12-25)19(28)24-11-16(26)13-29-17-8-6-15(7-9-17)20(21,22)23/h6-9,14,16,26H,2-5,10-13H2,1H3,(H,24,28). The van der Waals surface area contributed by atoms with Crippen LogP contribution in [0.2, 0.25) is 0 Å². The lowest BCUT2D eigenvalue weighted by Crippen LogP contribution is -2.47. The summed E-state index contributed by atoms with van der Waals surface area (Å²) in [5, 5.41) is 12.6. The van der Waals surface area contributed by atoms with Crippen LogP contribution >= 0.6 is 0 Å². The predicted octanol–water partition coefficient (Wildman–Crippen LogP) is 2.60. The van der Waals surface area contributed by atoms with Crippen molar-refractivity contribution in [3.8, 4) is 5.75 Å². The Labute approximate surface area is 168 Å². The number of rotatable bonds is 8. The number of likely N-dealkylation sites (tertiary alicyclic amines) is 1. The quantitative estimate of drug-likeness (QED) is 0.683. The zero-order valence-electron chi connectivity index (χ0n) is 16.4. The third-order valence-corrected chi connectivity index (χ3v) is 4.74. The molecule has 0 bridgehead atoms. The number of hydrogen-bond acceptors (Lipinski definition) is 4. The van der Waals surface area contributed by atoms with Crippen molar-refractivity contribution in [1.29, 1.82) is 0 Å². The summed E-state index contributed by atoms with van der Waals surface area (Å²) in [6, 6.07) is 4.16. The van der Waals surface area contributed by atoms with Crippen molar-refractivity contribution >= 4 is 11.8 Å². The minimum atomic E-state index is -4.42. The number of nitrogens with zero attached hydrogens (tertiary/aromatic N) is 1. The first-order valence-corrected chi connectivity index (χ1v) is 9.74. The summed E-state index contributed by atoms with van der Waals surface area (Å²) in [4.78, 5) is 26.0. The number of carbonyl (C=O) groups is 2. The molecule has 1 aliphatic rings. The van der Waals surface area contributed by atoms with Gasteiger partial charge in [0.25, 0.3) is 0 Å². The second-order valence-electron chi connectivity index (χ2n) is 7.16. The number of aliphatic hydroxyl groups excluding tert-OH is 1. The minimum Gasteiger partial charge on any atom is -0.491 e. The van der Waals surface area contributed by atoms with Crippen LogP contribution in [0.3, 0.4) is 0 Å². The molecule has 0 saturated carbocycles. The monoisotopic (exact) mass is 416 g/mol. The molecular formula is C20H27F3N2O4. The van der Waals surface area contributed by atoms with E-state index in [0.29, 0.717) is 25.9 Å². The Bertz CT molecular complexity index is 679. The first-order valence-electron chi connectivity index (χ1n) is 9.74. The van der Waals surface area contributed by atoms with Crippen LogP contribution in [0.15, 0.2) is 24.3 Å². The second kappa shape index (κ2) is 10.5. The van der Waals surface area contributed by atoms with E-state index >= 15 is 0 Å². The molecule has 2 unspecified atom stereocenters. The van der Waals surface area contributed by atoms with Crippen LogP contribution in [-0.2, 0) is 15.8 Å². The fourth-order valence-corrected chi connectivity index (χ4v) is 3.14. The molecule has 2 amide bonds. The highest BCUT2D eigenvalue weighted by atomic mass is 19.4. The highest BCUT2D eigenvalue weighted by molar-refractivity contribution is 5.81. The van der Waals surface area contributed by atoms with Gasteiger partial charge in [0.2, 0.25) is 11.8 Å². The fraction of sp³-hybridized carbons (Fsp3) is 0.600. The van der Waals surface area contributed by atoms with Crippen molar-refractivity contribution in [2.75, 3.05) is 26.2 Å². The molecule has 1 heterocycles. The zero-order chi connectivity index (χ0) is 21.4. The molecule has 1 aliphatic heterocycles. The van der Waals surface area contributed by atoms with Crippen molar-refractivity contribution in [2.45, 2.75) is 44.9 Å². The van der Waals surface area contributed by atoms with Crippen LogP contribution in [-0.4, -0.2) is 54.2 Å². The average Bonchev–Trinajstić information content (AvgIpc) is 2.70. The van der Waals surface area contributed by atoms with Gasteiger partial charge in [-0.2, -0.15) is 13.2 Å². The summed E-state index contributed by atoms with van der Waals surface area (Å²) >= 11 is 0. The third kappa shape index (κ3) is 7.23. The molecule has 0 spiro atoms. The summed E-state index contributed by atoms with van der Waals surface area (Å²) in [6.07, 6.45) is -2.76. The van der Waals surface area contributed by atoms with Gasteiger partial charge in [0, 0.05) is 26.1 Å². The topological polar surface area (TPSA) is 78.9 Å². The van der Waals surface area contributed by atoms with E-state index in [1.165, 1.54) is 12.1 Å². The maximum Gasteiger partial charge on any atom is 0.416 e. The Kier molecular flexibility index (Phi) is 8.31. The molecule has 1 aromatic carbocycles. The highest BCUT2D eigenvalue weighted by Crippen LogP contribution is 2.30. The number of aliphatic hydroxyl groups is 1. The van der Waals surface area contributed by atoms with Crippen molar-refractivity contribution in [2.24, 2.45) is 5.92 Å². The number of carbonyl (C=O) groups excluding carboxylic acids is 2. The van der Waals surface area contributed by atoms with Gasteiger partial charge in [-0.1, -0.05) is 6.92 Å². The van der Waals surface area contributed by atoms with E-state index in [4.69, 9.17) is 4.74 Å². The van der Waals surface area contributed by atoms with Gasteiger partial charge < -0.3 is 20.1 Å². The summed E-state index contributed by atoms with van der Waals surface area (Å²) in [5.74, 6) is -0.295. The van der Waals surface area contributed by atoms with Gasteiger partial charge in [-0.15, -0.1) is 0 Å². The highest BCUT2D eigenvalue weighted by Gasteiger charge is 2.30. The number of halogens is 3. The Hall–Kier alpha value is -2.29. The number of ether oxygens (including phenoxy) is 1. The summed E-state index contributed by atoms with van der Waals surface area (Å²) in [5.41, 5.74) is -0.781.